The van der Waals surface area contributed by atoms with Crippen molar-refractivity contribution >= 4 is 6.47 Å². The Bertz CT molecular complexity index is 17.1. The zero-order valence-corrected chi connectivity index (χ0v) is 6.67. The molecule has 0 saturated heterocycles. The predicted molar refractivity (Wildman–Crippen MR) is 8.69 cm³/mol. The van der Waals surface area contributed by atoms with Gasteiger partial charge >= 0.3 is 0 Å². The van der Waals surface area contributed by atoms with Gasteiger partial charge in [0.1, 0.15) is 0 Å². The predicted octanol–water partition coefficient (Wildman–Crippen LogP) is -0.304. The summed E-state index contributed by atoms with van der Waals surface area (Å²) in [4.78, 5) is 8.36. The molecule has 0 saturated carbocycles. The molecule has 1 radical (unpaired) electrons. The van der Waals surface area contributed by atoms with Crippen molar-refractivity contribution in [2.45, 2.75) is 0 Å². The maximum Gasteiger partial charge on any atom is 0.290 e. The molecule has 0 aliphatic rings. The van der Waals surface area contributed by atoms with Crippen LogP contribution < -0.4 is 0 Å². The second-order valence-electron chi connectivity index (χ2n) is 0.105. The Kier molecular flexibility index (Phi) is 81.0. The molecule has 0 aromatic rings. The largest absolute Gasteiger partial charge is 0.483 e. The second-order valence-corrected chi connectivity index (χ2v) is 0.105. The van der Waals surface area contributed by atoms with Crippen molar-refractivity contribution in [2.24, 2.45) is 0 Å². The molecule has 2 nitrogen and oxygen atoms in total. The average molecular weight is 166 g/mol. The molecule has 0 fully saturated rings. The van der Waals surface area contributed by atoms with E-state index < -0.39 is 0 Å². The Morgan fingerprint density at radius 1 is 1.60 bits per heavy atom. The van der Waals surface area contributed by atoms with Crippen LogP contribution in [0.15, 0.2) is 0 Å². The summed E-state index contributed by atoms with van der Waals surface area (Å²) in [5, 5.41) is 6.89. The van der Waals surface area contributed by atoms with Crippen LogP contribution in [0.1, 0.15) is 0 Å². The first-order valence-electron chi connectivity index (χ1n) is 0.494. The topological polar surface area (TPSA) is 37.3 Å². The van der Waals surface area contributed by atoms with Crippen LogP contribution in [0.3, 0.4) is 0 Å². The van der Waals surface area contributed by atoms with Gasteiger partial charge in [0.25, 0.3) is 6.47 Å². The molecule has 27 valence electrons. The second kappa shape index (κ2) is 23.1. The molecule has 0 aliphatic carbocycles. The minimum atomic E-state index is -0.250. The zero-order chi connectivity index (χ0) is 2.71. The third-order valence-electron chi connectivity index (χ3n) is 0. The zero-order valence-electron chi connectivity index (χ0n) is 2.52. The van der Waals surface area contributed by atoms with Gasteiger partial charge in [-0.2, -0.15) is 0 Å². The first kappa shape index (κ1) is 17.5. The Hall–Kier alpha value is 0.613. The van der Waals surface area contributed by atoms with E-state index in [-0.39, 0.29) is 43.0 Å². The minimum absolute atomic E-state index is 0. The third-order valence-corrected chi connectivity index (χ3v) is 0. The summed E-state index contributed by atoms with van der Waals surface area (Å²) in [5.74, 6) is 0. The van der Waals surface area contributed by atoms with Crippen LogP contribution in [0.5, 0.6) is 0 Å². The van der Waals surface area contributed by atoms with E-state index in [4.69, 9.17) is 9.90 Å². The summed E-state index contributed by atoms with van der Waals surface area (Å²) in [7, 11) is 0. The van der Waals surface area contributed by atoms with Gasteiger partial charge in [-0.15, -0.1) is 0 Å². The van der Waals surface area contributed by atoms with Gasteiger partial charge in [-0.25, -0.2) is 0 Å². The average Bonchev–Trinajstić information content (AvgIpc) is 0.918. The molecular formula is CH2MnO2Zn. The summed E-state index contributed by atoms with van der Waals surface area (Å²) >= 11 is 0. The smallest absolute Gasteiger partial charge is 0.290 e. The minimum Gasteiger partial charge on any atom is -0.483 e. The molecule has 0 aromatic carbocycles. The number of rotatable bonds is 0. The van der Waals surface area contributed by atoms with Crippen molar-refractivity contribution < 1.29 is 46.4 Å². The maximum absolute atomic E-state index is 8.36. The fourth-order valence-electron chi connectivity index (χ4n) is 0. The van der Waals surface area contributed by atoms with Crippen molar-refractivity contribution in [3.05, 3.63) is 0 Å². The molecule has 0 amide bonds. The summed E-state index contributed by atoms with van der Waals surface area (Å²) in [5.41, 5.74) is 0. The number of hydrogen-bond donors (Lipinski definition) is 1. The summed E-state index contributed by atoms with van der Waals surface area (Å²) in [6.45, 7) is -0.250. The van der Waals surface area contributed by atoms with Gasteiger partial charge in [-0.3, -0.25) is 4.79 Å². The molecule has 0 aliphatic heterocycles. The molecule has 4 heteroatoms. The van der Waals surface area contributed by atoms with Gasteiger partial charge in [0.05, 0.1) is 0 Å². The molecule has 0 aromatic heterocycles. The first-order chi connectivity index (χ1) is 1.41. The maximum atomic E-state index is 8.36. The molecular weight excluding hydrogens is 164 g/mol. The van der Waals surface area contributed by atoms with Crippen LogP contribution in [0.4, 0.5) is 0 Å². The van der Waals surface area contributed by atoms with Crippen molar-refractivity contribution in [2.75, 3.05) is 0 Å². The summed E-state index contributed by atoms with van der Waals surface area (Å²) in [6.07, 6.45) is 0. The van der Waals surface area contributed by atoms with Crippen LogP contribution in [0, 0.1) is 0 Å². The fraction of sp³-hybridized carbons (Fsp3) is 0. The summed E-state index contributed by atoms with van der Waals surface area (Å²) < 4.78 is 0. The van der Waals surface area contributed by atoms with Crippen molar-refractivity contribution in [3.63, 3.8) is 0 Å². The molecule has 0 atom stereocenters. The number of hydrogen-bond acceptors (Lipinski definition) is 1. The number of carbonyl (C=O) groups is 1. The Labute approximate surface area is 53.2 Å². The monoisotopic (exact) mass is 165 g/mol. The van der Waals surface area contributed by atoms with Gasteiger partial charge in [-0.1, -0.05) is 0 Å². The van der Waals surface area contributed by atoms with Crippen molar-refractivity contribution in [1.82, 2.24) is 0 Å². The van der Waals surface area contributed by atoms with E-state index in [0.29, 0.717) is 0 Å². The summed E-state index contributed by atoms with van der Waals surface area (Å²) in [6, 6.07) is 0. The normalized spacial score (nSPS) is 2.40. The van der Waals surface area contributed by atoms with Crippen LogP contribution in [-0.2, 0) is 41.3 Å². The van der Waals surface area contributed by atoms with E-state index in [2.05, 4.69) is 0 Å². The van der Waals surface area contributed by atoms with E-state index in [1.807, 2.05) is 0 Å². The fourth-order valence-corrected chi connectivity index (χ4v) is 0. The molecule has 0 rings (SSSR count). The quantitative estimate of drug-likeness (QED) is 0.396. The van der Waals surface area contributed by atoms with Gasteiger partial charge < -0.3 is 5.11 Å². The SMILES string of the molecule is O=CO.[Mn].[Zn]. The van der Waals surface area contributed by atoms with Crippen molar-refractivity contribution in [1.29, 1.82) is 0 Å². The van der Waals surface area contributed by atoms with Crippen LogP contribution >= 0.6 is 0 Å². The van der Waals surface area contributed by atoms with Crippen LogP contribution in [-0.4, -0.2) is 11.6 Å². The molecule has 0 heterocycles. The van der Waals surface area contributed by atoms with E-state index in [9.17, 15) is 0 Å². The Balaban J connectivity index is -0.0000000200. The van der Waals surface area contributed by atoms with E-state index in [1.165, 1.54) is 0 Å². The Morgan fingerprint density at radius 2 is 1.60 bits per heavy atom. The molecule has 5 heavy (non-hydrogen) atoms. The molecule has 0 bridgehead atoms. The first-order valence-corrected chi connectivity index (χ1v) is 0.494. The van der Waals surface area contributed by atoms with Gasteiger partial charge in [0.2, 0.25) is 0 Å². The standard InChI is InChI=1S/CH2O2.Mn.Zn/c2-1-3;;/h1H,(H,2,3);;. The van der Waals surface area contributed by atoms with Crippen molar-refractivity contribution in [3.8, 4) is 0 Å². The molecule has 1 N–H and O–H groups in total. The molecule has 0 unspecified atom stereocenters. The van der Waals surface area contributed by atoms with E-state index >= 15 is 0 Å². The van der Waals surface area contributed by atoms with Gasteiger partial charge in [-0.05, 0) is 0 Å². The van der Waals surface area contributed by atoms with Crippen LogP contribution in [0.25, 0.3) is 0 Å². The van der Waals surface area contributed by atoms with E-state index in [1.54, 1.807) is 0 Å². The Morgan fingerprint density at radius 3 is 1.60 bits per heavy atom. The van der Waals surface area contributed by atoms with Gasteiger partial charge in [0.15, 0.2) is 0 Å². The van der Waals surface area contributed by atoms with Gasteiger partial charge in [0, 0.05) is 36.5 Å². The number of carboxylic acid groups (broad SMARTS) is 1. The molecule has 0 spiro atoms. The van der Waals surface area contributed by atoms with E-state index in [0.717, 1.165) is 0 Å². The van der Waals surface area contributed by atoms with Crippen LogP contribution in [0.2, 0.25) is 0 Å². The third kappa shape index (κ3) is 83.8.